The number of carbonyl (C=O) groups excluding carboxylic acids is 1. The van der Waals surface area contributed by atoms with E-state index in [1.807, 2.05) is 13.8 Å². The second-order valence-corrected chi connectivity index (χ2v) is 3.61. The Morgan fingerprint density at radius 3 is 2.27 bits per heavy atom. The fraction of sp³-hybridized carbons (Fsp3) is 0.800. The summed E-state index contributed by atoms with van der Waals surface area (Å²) in [6, 6.07) is -0.195. The first-order valence-corrected chi connectivity index (χ1v) is 5.28. The number of amides is 2. The normalized spacial score (nSPS) is 14.1. The van der Waals surface area contributed by atoms with Gasteiger partial charge in [0.05, 0.1) is 5.92 Å². The minimum atomic E-state index is -0.874. The van der Waals surface area contributed by atoms with E-state index in [0.717, 1.165) is 6.42 Å². The van der Waals surface area contributed by atoms with Crippen molar-refractivity contribution in [3.63, 3.8) is 0 Å². The number of hydrogen-bond donors (Lipinski definition) is 3. The first-order valence-electron chi connectivity index (χ1n) is 5.28. The summed E-state index contributed by atoms with van der Waals surface area (Å²) in [6.45, 7) is 5.83. The zero-order chi connectivity index (χ0) is 11.8. The van der Waals surface area contributed by atoms with Crippen molar-refractivity contribution >= 4 is 12.0 Å². The van der Waals surface area contributed by atoms with E-state index in [1.54, 1.807) is 6.92 Å². The standard InChI is InChI=1S/C10H20N2O3/c1-4-7(3)12-10(15)11-6-8(5-2)9(13)14/h7-8H,4-6H2,1-3H3,(H,13,14)(H2,11,12,15). The molecule has 5 heteroatoms. The lowest BCUT2D eigenvalue weighted by molar-refractivity contribution is -0.141. The lowest BCUT2D eigenvalue weighted by Gasteiger charge is -2.14. The molecule has 0 aromatic carbocycles. The van der Waals surface area contributed by atoms with Crippen LogP contribution in [0.15, 0.2) is 0 Å². The molecule has 0 aliphatic heterocycles. The van der Waals surface area contributed by atoms with Gasteiger partial charge in [0, 0.05) is 12.6 Å². The average molecular weight is 216 g/mol. The molecule has 0 spiro atoms. The highest BCUT2D eigenvalue weighted by Gasteiger charge is 2.15. The summed E-state index contributed by atoms with van der Waals surface area (Å²) in [7, 11) is 0. The summed E-state index contributed by atoms with van der Waals surface area (Å²) in [4.78, 5) is 21.9. The summed E-state index contributed by atoms with van der Waals surface area (Å²) < 4.78 is 0. The van der Waals surface area contributed by atoms with Crippen LogP contribution in [0.4, 0.5) is 4.79 Å². The first-order chi connectivity index (χ1) is 7.01. The van der Waals surface area contributed by atoms with Gasteiger partial charge in [-0.3, -0.25) is 4.79 Å². The van der Waals surface area contributed by atoms with E-state index in [0.29, 0.717) is 6.42 Å². The molecule has 3 N–H and O–H groups in total. The molecule has 0 heterocycles. The molecule has 0 aromatic heterocycles. The van der Waals surface area contributed by atoms with Gasteiger partial charge < -0.3 is 15.7 Å². The second-order valence-electron chi connectivity index (χ2n) is 3.61. The highest BCUT2D eigenvalue weighted by atomic mass is 16.4. The Kier molecular flexibility index (Phi) is 6.49. The number of nitrogens with one attached hydrogen (secondary N) is 2. The highest BCUT2D eigenvalue weighted by Crippen LogP contribution is 2.00. The topological polar surface area (TPSA) is 78.4 Å². The van der Waals surface area contributed by atoms with Crippen LogP contribution < -0.4 is 10.6 Å². The Morgan fingerprint density at radius 1 is 1.27 bits per heavy atom. The van der Waals surface area contributed by atoms with Gasteiger partial charge in [0.2, 0.25) is 0 Å². The Balaban J connectivity index is 3.83. The summed E-state index contributed by atoms with van der Waals surface area (Å²) in [5.74, 6) is -1.38. The van der Waals surface area contributed by atoms with Gasteiger partial charge in [-0.1, -0.05) is 13.8 Å². The van der Waals surface area contributed by atoms with Crippen LogP contribution >= 0.6 is 0 Å². The van der Waals surface area contributed by atoms with Crippen molar-refractivity contribution in [2.75, 3.05) is 6.54 Å². The van der Waals surface area contributed by atoms with E-state index in [9.17, 15) is 9.59 Å². The average Bonchev–Trinajstić information content (AvgIpc) is 2.17. The molecule has 0 aliphatic rings. The van der Waals surface area contributed by atoms with Crippen molar-refractivity contribution in [1.29, 1.82) is 0 Å². The van der Waals surface area contributed by atoms with Crippen LogP contribution in [0.5, 0.6) is 0 Å². The van der Waals surface area contributed by atoms with Gasteiger partial charge in [-0.05, 0) is 19.8 Å². The minimum Gasteiger partial charge on any atom is -0.481 e. The zero-order valence-electron chi connectivity index (χ0n) is 9.54. The van der Waals surface area contributed by atoms with Crippen LogP contribution in [0.25, 0.3) is 0 Å². The summed E-state index contributed by atoms with van der Waals surface area (Å²) in [5, 5.41) is 14.0. The molecule has 0 saturated carbocycles. The molecule has 15 heavy (non-hydrogen) atoms. The van der Waals surface area contributed by atoms with Crippen molar-refractivity contribution < 1.29 is 14.7 Å². The van der Waals surface area contributed by atoms with Gasteiger partial charge in [-0.15, -0.1) is 0 Å². The molecule has 2 amide bonds. The van der Waals surface area contributed by atoms with Crippen molar-refractivity contribution in [2.45, 2.75) is 39.7 Å². The van der Waals surface area contributed by atoms with E-state index < -0.39 is 11.9 Å². The largest absolute Gasteiger partial charge is 0.481 e. The number of rotatable bonds is 6. The number of hydrogen-bond acceptors (Lipinski definition) is 2. The zero-order valence-corrected chi connectivity index (χ0v) is 9.54. The maximum Gasteiger partial charge on any atom is 0.315 e. The maximum atomic E-state index is 11.2. The van der Waals surface area contributed by atoms with Crippen molar-refractivity contribution in [3.05, 3.63) is 0 Å². The molecular weight excluding hydrogens is 196 g/mol. The van der Waals surface area contributed by atoms with Crippen LogP contribution in [0.1, 0.15) is 33.6 Å². The second kappa shape index (κ2) is 7.09. The van der Waals surface area contributed by atoms with E-state index in [4.69, 9.17) is 5.11 Å². The van der Waals surface area contributed by atoms with Gasteiger partial charge >= 0.3 is 12.0 Å². The SMILES string of the molecule is CCC(C)NC(=O)NCC(CC)C(=O)O. The molecule has 0 rings (SSSR count). The Hall–Kier alpha value is -1.26. The molecule has 5 nitrogen and oxygen atoms in total. The predicted octanol–water partition coefficient (Wildman–Crippen LogP) is 1.19. The monoisotopic (exact) mass is 216 g/mol. The van der Waals surface area contributed by atoms with Gasteiger partial charge in [-0.2, -0.15) is 0 Å². The van der Waals surface area contributed by atoms with Crippen LogP contribution in [-0.2, 0) is 4.79 Å². The summed E-state index contributed by atoms with van der Waals surface area (Å²) >= 11 is 0. The van der Waals surface area contributed by atoms with E-state index >= 15 is 0 Å². The van der Waals surface area contributed by atoms with Crippen LogP contribution in [0.3, 0.4) is 0 Å². The number of aliphatic carboxylic acids is 1. The number of carbonyl (C=O) groups is 2. The van der Waals surface area contributed by atoms with Crippen LogP contribution in [0.2, 0.25) is 0 Å². The lowest BCUT2D eigenvalue weighted by atomic mass is 10.1. The molecule has 0 aliphatic carbocycles. The third-order valence-electron chi connectivity index (χ3n) is 2.34. The molecular formula is C10H20N2O3. The third kappa shape index (κ3) is 5.93. The molecule has 88 valence electrons. The molecule has 0 bridgehead atoms. The minimum absolute atomic E-state index is 0.106. The Labute approximate surface area is 90.2 Å². The van der Waals surface area contributed by atoms with Crippen molar-refractivity contribution in [3.8, 4) is 0 Å². The number of urea groups is 1. The molecule has 0 radical (unpaired) electrons. The molecule has 0 saturated heterocycles. The fourth-order valence-corrected chi connectivity index (χ4v) is 0.999. The lowest BCUT2D eigenvalue weighted by Crippen LogP contribution is -2.43. The quantitative estimate of drug-likeness (QED) is 0.624. The van der Waals surface area contributed by atoms with Gasteiger partial charge in [-0.25, -0.2) is 4.79 Å². The summed E-state index contributed by atoms with van der Waals surface area (Å²) in [5.41, 5.74) is 0. The molecule has 2 atom stereocenters. The molecule has 0 aromatic rings. The van der Waals surface area contributed by atoms with E-state index in [1.165, 1.54) is 0 Å². The third-order valence-corrected chi connectivity index (χ3v) is 2.34. The van der Waals surface area contributed by atoms with Gasteiger partial charge in [0.25, 0.3) is 0 Å². The van der Waals surface area contributed by atoms with Crippen LogP contribution in [-0.4, -0.2) is 29.7 Å². The Bertz CT molecular complexity index is 219. The Morgan fingerprint density at radius 2 is 1.87 bits per heavy atom. The summed E-state index contributed by atoms with van der Waals surface area (Å²) in [6.07, 6.45) is 1.36. The molecule has 2 unspecified atom stereocenters. The van der Waals surface area contributed by atoms with Gasteiger partial charge in [0.15, 0.2) is 0 Å². The smallest absolute Gasteiger partial charge is 0.315 e. The van der Waals surface area contributed by atoms with Crippen molar-refractivity contribution in [2.24, 2.45) is 5.92 Å². The highest BCUT2D eigenvalue weighted by molar-refractivity contribution is 5.76. The van der Waals surface area contributed by atoms with Crippen molar-refractivity contribution in [1.82, 2.24) is 10.6 Å². The van der Waals surface area contributed by atoms with Gasteiger partial charge in [0.1, 0.15) is 0 Å². The van der Waals surface area contributed by atoms with E-state index in [-0.39, 0.29) is 18.6 Å². The van der Waals surface area contributed by atoms with Crippen LogP contribution in [0, 0.1) is 5.92 Å². The predicted molar refractivity (Wildman–Crippen MR) is 57.7 cm³/mol. The molecule has 0 fully saturated rings. The number of carboxylic acids is 1. The van der Waals surface area contributed by atoms with E-state index in [2.05, 4.69) is 10.6 Å². The number of carboxylic acid groups (broad SMARTS) is 1. The first kappa shape index (κ1) is 13.7. The fourth-order valence-electron chi connectivity index (χ4n) is 0.999. The maximum absolute atomic E-state index is 11.2.